The molecule has 0 saturated carbocycles. The van der Waals surface area contributed by atoms with E-state index in [9.17, 15) is 14.4 Å². The monoisotopic (exact) mass is 279 g/mol. The molecule has 6 heteroatoms. The van der Waals surface area contributed by atoms with E-state index in [1.807, 2.05) is 0 Å². The van der Waals surface area contributed by atoms with Crippen molar-refractivity contribution in [2.24, 2.45) is 0 Å². The normalized spacial score (nSPS) is 10.5. The third kappa shape index (κ3) is 5.62. The molecular weight excluding hydrogens is 262 g/mol. The van der Waals surface area contributed by atoms with Gasteiger partial charge in [0.2, 0.25) is 0 Å². The van der Waals surface area contributed by atoms with Crippen LogP contribution in [0, 0.1) is 0 Å². The molecule has 1 aromatic carbocycles. The Hall–Kier alpha value is -2.21. The van der Waals surface area contributed by atoms with Crippen molar-refractivity contribution in [3.8, 4) is 0 Å². The molecule has 0 spiro atoms. The SMILES string of the molecule is CC(=O)CN(CCC(=O)O)Cc1ccc(C(=O)O)cc1. The predicted molar refractivity (Wildman–Crippen MR) is 71.6 cm³/mol. The van der Waals surface area contributed by atoms with Gasteiger partial charge in [-0.2, -0.15) is 0 Å². The second-order valence-corrected chi connectivity index (χ2v) is 4.56. The number of hydrogen-bond donors (Lipinski definition) is 2. The van der Waals surface area contributed by atoms with Crippen LogP contribution in [0.25, 0.3) is 0 Å². The fourth-order valence-electron chi connectivity index (χ4n) is 1.79. The first-order valence-corrected chi connectivity index (χ1v) is 6.14. The van der Waals surface area contributed by atoms with E-state index in [-0.39, 0.29) is 30.9 Å². The third-order valence-electron chi connectivity index (χ3n) is 2.70. The van der Waals surface area contributed by atoms with Gasteiger partial charge in [-0.15, -0.1) is 0 Å². The molecule has 6 nitrogen and oxygen atoms in total. The van der Waals surface area contributed by atoms with Crippen LogP contribution in [-0.2, 0) is 16.1 Å². The molecule has 1 rings (SSSR count). The van der Waals surface area contributed by atoms with Crippen molar-refractivity contribution in [3.63, 3.8) is 0 Å². The number of hydrogen-bond acceptors (Lipinski definition) is 4. The highest BCUT2D eigenvalue weighted by atomic mass is 16.4. The standard InChI is InChI=1S/C14H17NO5/c1-10(16)8-15(7-6-13(17)18)9-11-2-4-12(5-3-11)14(19)20/h2-5H,6-9H2,1H3,(H,17,18)(H,19,20). The molecule has 0 aliphatic carbocycles. The van der Waals surface area contributed by atoms with Gasteiger partial charge in [-0.3, -0.25) is 14.5 Å². The van der Waals surface area contributed by atoms with Crippen LogP contribution < -0.4 is 0 Å². The van der Waals surface area contributed by atoms with Gasteiger partial charge >= 0.3 is 11.9 Å². The van der Waals surface area contributed by atoms with Gasteiger partial charge in [-0.25, -0.2) is 4.79 Å². The molecule has 20 heavy (non-hydrogen) atoms. The summed E-state index contributed by atoms with van der Waals surface area (Å²) in [5, 5.41) is 17.5. The highest BCUT2D eigenvalue weighted by Crippen LogP contribution is 2.08. The van der Waals surface area contributed by atoms with Gasteiger partial charge in [-0.1, -0.05) is 12.1 Å². The lowest BCUT2D eigenvalue weighted by molar-refractivity contribution is -0.137. The van der Waals surface area contributed by atoms with E-state index in [0.717, 1.165) is 5.56 Å². The molecule has 0 aliphatic rings. The van der Waals surface area contributed by atoms with E-state index < -0.39 is 11.9 Å². The summed E-state index contributed by atoms with van der Waals surface area (Å²) in [6.07, 6.45) is -0.0412. The number of aromatic carboxylic acids is 1. The molecule has 0 aromatic heterocycles. The Bertz CT molecular complexity index is 495. The molecule has 0 unspecified atom stereocenters. The average Bonchev–Trinajstić information content (AvgIpc) is 2.36. The van der Waals surface area contributed by atoms with Gasteiger partial charge < -0.3 is 10.2 Å². The average molecular weight is 279 g/mol. The molecule has 0 heterocycles. The zero-order valence-corrected chi connectivity index (χ0v) is 11.2. The van der Waals surface area contributed by atoms with Gasteiger partial charge in [0.15, 0.2) is 0 Å². The molecule has 0 radical (unpaired) electrons. The van der Waals surface area contributed by atoms with Gasteiger partial charge in [0.1, 0.15) is 5.78 Å². The number of carbonyl (C=O) groups is 3. The topological polar surface area (TPSA) is 94.9 Å². The fourth-order valence-corrected chi connectivity index (χ4v) is 1.79. The van der Waals surface area contributed by atoms with Crippen LogP contribution in [0.2, 0.25) is 0 Å². The summed E-state index contributed by atoms with van der Waals surface area (Å²) >= 11 is 0. The Morgan fingerprint density at radius 1 is 1.10 bits per heavy atom. The first-order chi connectivity index (χ1) is 9.38. The molecule has 0 aliphatic heterocycles. The lowest BCUT2D eigenvalue weighted by Gasteiger charge is -2.20. The second kappa shape index (κ2) is 7.40. The van der Waals surface area contributed by atoms with Crippen molar-refractivity contribution < 1.29 is 24.6 Å². The maximum absolute atomic E-state index is 11.2. The van der Waals surface area contributed by atoms with E-state index in [4.69, 9.17) is 10.2 Å². The zero-order valence-electron chi connectivity index (χ0n) is 11.2. The summed E-state index contributed by atoms with van der Waals surface area (Å²) in [6.45, 7) is 2.30. The molecule has 108 valence electrons. The minimum Gasteiger partial charge on any atom is -0.481 e. The highest BCUT2D eigenvalue weighted by Gasteiger charge is 2.11. The Morgan fingerprint density at radius 2 is 1.70 bits per heavy atom. The van der Waals surface area contributed by atoms with Crippen molar-refractivity contribution in [1.82, 2.24) is 4.90 Å². The lowest BCUT2D eigenvalue weighted by atomic mass is 10.1. The molecule has 0 amide bonds. The molecule has 2 N–H and O–H groups in total. The number of aliphatic carboxylic acids is 1. The van der Waals surface area contributed by atoms with Crippen LogP contribution in [0.4, 0.5) is 0 Å². The Kier molecular flexibility index (Phi) is 5.86. The van der Waals surface area contributed by atoms with Gasteiger partial charge in [0, 0.05) is 13.1 Å². The molecule has 0 bridgehead atoms. The number of carbonyl (C=O) groups excluding carboxylic acids is 1. The molecule has 1 aromatic rings. The van der Waals surface area contributed by atoms with Crippen LogP contribution in [-0.4, -0.2) is 45.9 Å². The number of benzene rings is 1. The van der Waals surface area contributed by atoms with E-state index in [1.54, 1.807) is 17.0 Å². The van der Waals surface area contributed by atoms with Crippen LogP contribution in [0.5, 0.6) is 0 Å². The van der Waals surface area contributed by atoms with Crippen LogP contribution >= 0.6 is 0 Å². The number of rotatable bonds is 8. The van der Waals surface area contributed by atoms with Crippen molar-refractivity contribution in [3.05, 3.63) is 35.4 Å². The van der Waals surface area contributed by atoms with E-state index in [2.05, 4.69) is 0 Å². The molecule has 0 saturated heterocycles. The summed E-state index contributed by atoms with van der Waals surface area (Å²) in [6, 6.07) is 6.30. The maximum atomic E-state index is 11.2. The van der Waals surface area contributed by atoms with Crippen LogP contribution in [0.1, 0.15) is 29.3 Å². The Labute approximate surface area is 116 Å². The first-order valence-electron chi connectivity index (χ1n) is 6.14. The third-order valence-corrected chi connectivity index (χ3v) is 2.70. The van der Waals surface area contributed by atoms with Crippen LogP contribution in [0.15, 0.2) is 24.3 Å². The van der Waals surface area contributed by atoms with Gasteiger partial charge in [-0.05, 0) is 24.6 Å². The second-order valence-electron chi connectivity index (χ2n) is 4.56. The van der Waals surface area contributed by atoms with Gasteiger partial charge in [0.25, 0.3) is 0 Å². The molecule has 0 atom stereocenters. The summed E-state index contributed by atoms with van der Waals surface area (Å²) in [5.41, 5.74) is 1.03. The van der Waals surface area contributed by atoms with Crippen molar-refractivity contribution in [1.29, 1.82) is 0 Å². The highest BCUT2D eigenvalue weighted by molar-refractivity contribution is 5.87. The summed E-state index contributed by atoms with van der Waals surface area (Å²) in [7, 11) is 0. The van der Waals surface area contributed by atoms with E-state index >= 15 is 0 Å². The summed E-state index contributed by atoms with van der Waals surface area (Å²) < 4.78 is 0. The number of carboxylic acid groups (broad SMARTS) is 2. The number of carboxylic acids is 2. The van der Waals surface area contributed by atoms with E-state index in [0.29, 0.717) is 6.54 Å². The van der Waals surface area contributed by atoms with Crippen LogP contribution in [0.3, 0.4) is 0 Å². The van der Waals surface area contributed by atoms with Crippen molar-refractivity contribution in [2.75, 3.05) is 13.1 Å². The van der Waals surface area contributed by atoms with E-state index in [1.165, 1.54) is 19.1 Å². The summed E-state index contributed by atoms with van der Waals surface area (Å²) in [5.74, 6) is -1.96. The Balaban J connectivity index is 2.69. The minimum atomic E-state index is -0.997. The fraction of sp³-hybridized carbons (Fsp3) is 0.357. The number of ketones is 1. The largest absolute Gasteiger partial charge is 0.481 e. The summed E-state index contributed by atoms with van der Waals surface area (Å²) in [4.78, 5) is 34.2. The van der Waals surface area contributed by atoms with Gasteiger partial charge in [0.05, 0.1) is 18.5 Å². The number of nitrogens with zero attached hydrogens (tertiary/aromatic N) is 1. The Morgan fingerprint density at radius 3 is 2.15 bits per heavy atom. The molecular formula is C14H17NO5. The van der Waals surface area contributed by atoms with Crippen molar-refractivity contribution in [2.45, 2.75) is 19.9 Å². The molecule has 0 fully saturated rings. The number of Topliss-reactive ketones (excluding diaryl/α,β-unsaturated/α-hetero) is 1. The lowest BCUT2D eigenvalue weighted by Crippen LogP contribution is -2.30. The first kappa shape index (κ1) is 15.8. The van der Waals surface area contributed by atoms with Crippen molar-refractivity contribution >= 4 is 17.7 Å². The zero-order chi connectivity index (χ0) is 15.1. The predicted octanol–water partition coefficient (Wildman–Crippen LogP) is 1.25. The maximum Gasteiger partial charge on any atom is 0.335 e. The smallest absolute Gasteiger partial charge is 0.335 e. The quantitative estimate of drug-likeness (QED) is 0.743. The minimum absolute atomic E-state index is 0.0412.